The van der Waals surface area contributed by atoms with E-state index in [0.717, 1.165) is 34.2 Å². The largest absolute Gasteiger partial charge is 0.352 e. The van der Waals surface area contributed by atoms with E-state index in [2.05, 4.69) is 11.4 Å². The van der Waals surface area contributed by atoms with Crippen molar-refractivity contribution in [3.63, 3.8) is 0 Å². The Balaban J connectivity index is 1.99. The Hall–Kier alpha value is -3.11. The molecule has 0 heterocycles. The molecule has 4 nitrogen and oxygen atoms in total. The van der Waals surface area contributed by atoms with Crippen LogP contribution in [0.5, 0.6) is 0 Å². The van der Waals surface area contributed by atoms with Gasteiger partial charge in [0, 0.05) is 24.0 Å². The van der Waals surface area contributed by atoms with Gasteiger partial charge in [-0.3, -0.25) is 9.59 Å². The fourth-order valence-electron chi connectivity index (χ4n) is 4.04. The number of aryl methyl sites for hydroxylation is 2. The Morgan fingerprint density at radius 2 is 1.63 bits per heavy atom. The lowest BCUT2D eigenvalue weighted by atomic mass is 9.99. The SMILES string of the molecule is CCC(C)NC(=O)C(Cc1ccccc1)N(Cc1ccc(Cl)cc1)C(=O)Cc1cc(C)ccc1C. The van der Waals surface area contributed by atoms with E-state index in [1.165, 1.54) is 0 Å². The van der Waals surface area contributed by atoms with Crippen LogP contribution in [0.15, 0.2) is 72.8 Å². The molecule has 3 aromatic rings. The summed E-state index contributed by atoms with van der Waals surface area (Å²) in [6.07, 6.45) is 1.50. The Labute approximate surface area is 214 Å². The van der Waals surface area contributed by atoms with Crippen molar-refractivity contribution < 1.29 is 9.59 Å². The van der Waals surface area contributed by atoms with Crippen molar-refractivity contribution in [1.29, 1.82) is 0 Å². The molecule has 184 valence electrons. The van der Waals surface area contributed by atoms with Crippen LogP contribution in [-0.2, 0) is 29.0 Å². The summed E-state index contributed by atoms with van der Waals surface area (Å²) in [4.78, 5) is 29.1. The predicted molar refractivity (Wildman–Crippen MR) is 143 cm³/mol. The normalized spacial score (nSPS) is 12.6. The first-order valence-corrected chi connectivity index (χ1v) is 12.6. The van der Waals surface area contributed by atoms with E-state index in [-0.39, 0.29) is 24.3 Å². The number of halogens is 1. The van der Waals surface area contributed by atoms with Gasteiger partial charge in [-0.15, -0.1) is 0 Å². The maximum absolute atomic E-state index is 13.9. The van der Waals surface area contributed by atoms with Crippen molar-refractivity contribution in [2.45, 2.75) is 65.6 Å². The summed E-state index contributed by atoms with van der Waals surface area (Å²) in [6.45, 7) is 8.39. The van der Waals surface area contributed by atoms with E-state index < -0.39 is 6.04 Å². The third-order valence-electron chi connectivity index (χ3n) is 6.38. The van der Waals surface area contributed by atoms with E-state index in [1.807, 2.05) is 94.4 Å². The standard InChI is InChI=1S/C30H35ClN2O2/c1-5-23(4)32-30(35)28(18-24-9-7-6-8-10-24)33(20-25-13-15-27(31)16-14-25)29(34)19-26-17-21(2)11-12-22(26)3/h6-17,23,28H,5,18-20H2,1-4H3,(H,32,35). The molecule has 3 aromatic carbocycles. The second-order valence-electron chi connectivity index (χ2n) is 9.28. The van der Waals surface area contributed by atoms with Gasteiger partial charge in [0.15, 0.2) is 0 Å². The molecular formula is C30H35ClN2O2. The van der Waals surface area contributed by atoms with Crippen LogP contribution in [0.4, 0.5) is 0 Å². The molecular weight excluding hydrogens is 456 g/mol. The molecule has 0 bridgehead atoms. The van der Waals surface area contributed by atoms with Gasteiger partial charge in [0.1, 0.15) is 6.04 Å². The minimum absolute atomic E-state index is 0.0206. The van der Waals surface area contributed by atoms with Crippen molar-refractivity contribution in [3.05, 3.63) is 106 Å². The van der Waals surface area contributed by atoms with E-state index >= 15 is 0 Å². The van der Waals surface area contributed by atoms with Crippen LogP contribution in [0, 0.1) is 13.8 Å². The molecule has 2 atom stereocenters. The molecule has 5 heteroatoms. The molecule has 3 rings (SSSR count). The van der Waals surface area contributed by atoms with E-state index in [4.69, 9.17) is 11.6 Å². The maximum Gasteiger partial charge on any atom is 0.243 e. The van der Waals surface area contributed by atoms with Crippen molar-refractivity contribution in [3.8, 4) is 0 Å². The molecule has 0 aliphatic heterocycles. The number of hydrogen-bond acceptors (Lipinski definition) is 2. The zero-order valence-electron chi connectivity index (χ0n) is 21.1. The van der Waals surface area contributed by atoms with Crippen LogP contribution < -0.4 is 5.32 Å². The molecule has 0 aliphatic carbocycles. The number of hydrogen-bond donors (Lipinski definition) is 1. The molecule has 0 aliphatic rings. The van der Waals surface area contributed by atoms with Gasteiger partial charge in [-0.05, 0) is 61.6 Å². The lowest BCUT2D eigenvalue weighted by Gasteiger charge is -2.32. The van der Waals surface area contributed by atoms with E-state index in [1.54, 1.807) is 4.90 Å². The average Bonchev–Trinajstić information content (AvgIpc) is 2.85. The number of carbonyl (C=O) groups excluding carboxylic acids is 2. The Bertz CT molecular complexity index is 1130. The lowest BCUT2D eigenvalue weighted by molar-refractivity contribution is -0.141. The zero-order valence-corrected chi connectivity index (χ0v) is 21.8. The first-order chi connectivity index (χ1) is 16.8. The van der Waals surface area contributed by atoms with Crippen LogP contribution in [0.2, 0.25) is 5.02 Å². The van der Waals surface area contributed by atoms with Gasteiger partial charge in [0.25, 0.3) is 0 Å². The first kappa shape index (κ1) is 26.5. The van der Waals surface area contributed by atoms with Crippen LogP contribution in [0.25, 0.3) is 0 Å². The van der Waals surface area contributed by atoms with Crippen LogP contribution >= 0.6 is 11.6 Å². The van der Waals surface area contributed by atoms with Gasteiger partial charge in [-0.2, -0.15) is 0 Å². The summed E-state index contributed by atoms with van der Waals surface area (Å²) < 4.78 is 0. The Kier molecular flexibility index (Phi) is 9.50. The molecule has 0 saturated heterocycles. The molecule has 0 radical (unpaired) electrons. The molecule has 2 amide bonds. The molecule has 1 N–H and O–H groups in total. The molecule has 2 unspecified atom stereocenters. The van der Waals surface area contributed by atoms with Crippen molar-refractivity contribution in [2.24, 2.45) is 0 Å². The minimum Gasteiger partial charge on any atom is -0.352 e. The Morgan fingerprint density at radius 1 is 0.943 bits per heavy atom. The van der Waals surface area contributed by atoms with Crippen molar-refractivity contribution in [1.82, 2.24) is 10.2 Å². The number of carbonyl (C=O) groups is 2. The summed E-state index contributed by atoms with van der Waals surface area (Å²) in [5.41, 5.74) is 5.10. The predicted octanol–water partition coefficient (Wildman–Crippen LogP) is 6.05. The van der Waals surface area contributed by atoms with Gasteiger partial charge in [-0.25, -0.2) is 0 Å². The first-order valence-electron chi connectivity index (χ1n) is 12.2. The fourth-order valence-corrected chi connectivity index (χ4v) is 4.16. The van der Waals surface area contributed by atoms with Gasteiger partial charge >= 0.3 is 0 Å². The molecule has 0 spiro atoms. The topological polar surface area (TPSA) is 49.4 Å². The van der Waals surface area contributed by atoms with E-state index in [9.17, 15) is 9.59 Å². The van der Waals surface area contributed by atoms with Crippen LogP contribution in [0.3, 0.4) is 0 Å². The smallest absolute Gasteiger partial charge is 0.243 e. The van der Waals surface area contributed by atoms with Gasteiger partial charge in [0.05, 0.1) is 6.42 Å². The van der Waals surface area contributed by atoms with Gasteiger partial charge < -0.3 is 10.2 Å². The highest BCUT2D eigenvalue weighted by Crippen LogP contribution is 2.20. The number of benzene rings is 3. The highest BCUT2D eigenvalue weighted by Gasteiger charge is 2.31. The lowest BCUT2D eigenvalue weighted by Crippen LogP contribution is -2.52. The average molecular weight is 491 g/mol. The number of amides is 2. The summed E-state index contributed by atoms with van der Waals surface area (Å²) in [6, 6.07) is 22.8. The van der Waals surface area contributed by atoms with Crippen LogP contribution in [-0.4, -0.2) is 28.8 Å². The second kappa shape index (κ2) is 12.6. The fraction of sp³-hybridized carbons (Fsp3) is 0.333. The summed E-state index contributed by atoms with van der Waals surface area (Å²) in [7, 11) is 0. The van der Waals surface area contributed by atoms with Crippen LogP contribution in [0.1, 0.15) is 48.1 Å². The summed E-state index contributed by atoms with van der Waals surface area (Å²) in [5.74, 6) is -0.208. The highest BCUT2D eigenvalue weighted by molar-refractivity contribution is 6.30. The summed E-state index contributed by atoms with van der Waals surface area (Å²) >= 11 is 6.10. The number of nitrogens with zero attached hydrogens (tertiary/aromatic N) is 1. The monoisotopic (exact) mass is 490 g/mol. The third kappa shape index (κ3) is 7.69. The van der Waals surface area contributed by atoms with E-state index in [0.29, 0.717) is 18.0 Å². The second-order valence-corrected chi connectivity index (χ2v) is 9.71. The Morgan fingerprint density at radius 3 is 2.29 bits per heavy atom. The molecule has 0 fully saturated rings. The van der Waals surface area contributed by atoms with Crippen molar-refractivity contribution >= 4 is 23.4 Å². The minimum atomic E-state index is -0.639. The quantitative estimate of drug-likeness (QED) is 0.376. The molecule has 0 aromatic heterocycles. The zero-order chi connectivity index (χ0) is 25.4. The van der Waals surface area contributed by atoms with Gasteiger partial charge in [-0.1, -0.05) is 84.8 Å². The van der Waals surface area contributed by atoms with Crippen molar-refractivity contribution in [2.75, 3.05) is 0 Å². The highest BCUT2D eigenvalue weighted by atomic mass is 35.5. The number of rotatable bonds is 10. The number of nitrogens with one attached hydrogen (secondary N) is 1. The molecule has 0 saturated carbocycles. The molecule has 35 heavy (non-hydrogen) atoms. The third-order valence-corrected chi connectivity index (χ3v) is 6.64. The summed E-state index contributed by atoms with van der Waals surface area (Å²) in [5, 5.41) is 3.75. The van der Waals surface area contributed by atoms with Gasteiger partial charge in [0.2, 0.25) is 11.8 Å². The maximum atomic E-state index is 13.9.